The molecule has 1 aromatic rings. The molecule has 0 radical (unpaired) electrons. The molecule has 1 aromatic carbocycles. The van der Waals surface area contributed by atoms with Gasteiger partial charge in [-0.05, 0) is 31.0 Å². The third-order valence-corrected chi connectivity index (χ3v) is 3.44. The number of rotatable bonds is 3. The van der Waals surface area contributed by atoms with E-state index in [0.717, 1.165) is 5.56 Å². The van der Waals surface area contributed by atoms with E-state index in [1.165, 1.54) is 0 Å². The predicted octanol–water partition coefficient (Wildman–Crippen LogP) is 1.64. The topological polar surface area (TPSA) is 64.4 Å². The van der Waals surface area contributed by atoms with E-state index in [0.29, 0.717) is 18.1 Å². The number of nitrogens with two attached hydrogens (primary N) is 1. The first-order valence-corrected chi connectivity index (χ1v) is 6.32. The van der Waals surface area contributed by atoms with Crippen molar-refractivity contribution in [3.8, 4) is 0 Å². The average molecular weight is 269 g/mol. The van der Waals surface area contributed by atoms with Crippen LogP contribution in [0.4, 0.5) is 0 Å². The quantitative estimate of drug-likeness (QED) is 0.876. The van der Waals surface area contributed by atoms with Crippen molar-refractivity contribution in [2.24, 2.45) is 5.73 Å². The van der Waals surface area contributed by atoms with Crippen LogP contribution in [-0.2, 0) is 9.53 Å². The predicted molar refractivity (Wildman–Crippen MR) is 70.4 cm³/mol. The maximum absolute atomic E-state index is 12.1. The fourth-order valence-corrected chi connectivity index (χ4v) is 2.16. The molecule has 2 unspecified atom stereocenters. The number of nitrogens with one attached hydrogen (secondary N) is 1. The van der Waals surface area contributed by atoms with E-state index in [9.17, 15) is 4.79 Å². The second-order valence-corrected chi connectivity index (χ2v) is 5.15. The highest BCUT2D eigenvalue weighted by Gasteiger charge is 2.38. The smallest absolute Gasteiger partial charge is 0.243 e. The highest BCUT2D eigenvalue weighted by Crippen LogP contribution is 2.20. The minimum absolute atomic E-state index is 0.128. The van der Waals surface area contributed by atoms with Crippen LogP contribution in [0.5, 0.6) is 0 Å². The van der Waals surface area contributed by atoms with Crippen molar-refractivity contribution in [1.82, 2.24) is 5.32 Å². The molecule has 0 aromatic heterocycles. The number of hydrogen-bond acceptors (Lipinski definition) is 3. The number of carbonyl (C=O) groups excluding carboxylic acids is 1. The van der Waals surface area contributed by atoms with E-state index >= 15 is 0 Å². The standard InChI is InChI=1S/C13H17ClN2O2/c1-9(10-3-2-4-11(14)7-10)16-12(17)13(15)5-6-18-8-13/h2-4,7,9H,5-6,8,15H2,1H3,(H,16,17). The summed E-state index contributed by atoms with van der Waals surface area (Å²) >= 11 is 5.92. The van der Waals surface area contributed by atoms with E-state index in [2.05, 4.69) is 5.32 Å². The van der Waals surface area contributed by atoms with Gasteiger partial charge in [-0.3, -0.25) is 4.79 Å². The lowest BCUT2D eigenvalue weighted by atomic mass is 9.98. The Kier molecular flexibility index (Phi) is 3.90. The summed E-state index contributed by atoms with van der Waals surface area (Å²) in [6.45, 7) is 2.72. The Bertz CT molecular complexity index is 444. The molecule has 1 saturated heterocycles. The molecule has 1 aliphatic heterocycles. The van der Waals surface area contributed by atoms with Crippen LogP contribution in [0.2, 0.25) is 5.02 Å². The largest absolute Gasteiger partial charge is 0.379 e. The van der Waals surface area contributed by atoms with Crippen molar-refractivity contribution in [1.29, 1.82) is 0 Å². The molecule has 0 aliphatic carbocycles. The van der Waals surface area contributed by atoms with Gasteiger partial charge in [0.25, 0.3) is 0 Å². The summed E-state index contributed by atoms with van der Waals surface area (Å²) < 4.78 is 5.18. The monoisotopic (exact) mass is 268 g/mol. The van der Waals surface area contributed by atoms with Gasteiger partial charge in [0.15, 0.2) is 0 Å². The molecular formula is C13H17ClN2O2. The van der Waals surface area contributed by atoms with Crippen LogP contribution in [0.1, 0.15) is 24.9 Å². The minimum Gasteiger partial charge on any atom is -0.379 e. The zero-order valence-corrected chi connectivity index (χ0v) is 11.0. The van der Waals surface area contributed by atoms with Crippen molar-refractivity contribution in [3.63, 3.8) is 0 Å². The first kappa shape index (κ1) is 13.3. The molecule has 2 rings (SSSR count). The van der Waals surface area contributed by atoms with Crippen LogP contribution < -0.4 is 11.1 Å². The van der Waals surface area contributed by atoms with Crippen molar-refractivity contribution in [2.45, 2.75) is 24.9 Å². The zero-order valence-electron chi connectivity index (χ0n) is 10.3. The normalized spacial score (nSPS) is 24.8. The van der Waals surface area contributed by atoms with Gasteiger partial charge in [0.2, 0.25) is 5.91 Å². The summed E-state index contributed by atoms with van der Waals surface area (Å²) in [5.41, 5.74) is 6.06. The summed E-state index contributed by atoms with van der Waals surface area (Å²) in [6.07, 6.45) is 0.557. The number of benzene rings is 1. The second kappa shape index (κ2) is 5.26. The zero-order chi connectivity index (χ0) is 13.2. The SMILES string of the molecule is CC(NC(=O)C1(N)CCOC1)c1cccc(Cl)c1. The van der Waals surface area contributed by atoms with Gasteiger partial charge in [-0.2, -0.15) is 0 Å². The van der Waals surface area contributed by atoms with Gasteiger partial charge in [0.05, 0.1) is 12.6 Å². The Hall–Kier alpha value is -1.10. The van der Waals surface area contributed by atoms with Gasteiger partial charge < -0.3 is 15.8 Å². The van der Waals surface area contributed by atoms with E-state index in [1.807, 2.05) is 25.1 Å². The first-order chi connectivity index (χ1) is 8.51. The lowest BCUT2D eigenvalue weighted by Crippen LogP contribution is -2.54. The van der Waals surface area contributed by atoms with Gasteiger partial charge in [-0.15, -0.1) is 0 Å². The van der Waals surface area contributed by atoms with Gasteiger partial charge in [0.1, 0.15) is 5.54 Å². The Labute approximate surface area is 111 Å². The summed E-state index contributed by atoms with van der Waals surface area (Å²) in [7, 11) is 0. The fraction of sp³-hybridized carbons (Fsp3) is 0.462. The Morgan fingerprint density at radius 1 is 1.61 bits per heavy atom. The molecule has 1 aliphatic rings. The highest BCUT2D eigenvalue weighted by molar-refractivity contribution is 6.30. The number of amides is 1. The number of ether oxygens (including phenoxy) is 1. The molecule has 1 fully saturated rings. The van der Waals surface area contributed by atoms with Crippen LogP contribution >= 0.6 is 11.6 Å². The first-order valence-electron chi connectivity index (χ1n) is 5.94. The maximum atomic E-state index is 12.1. The van der Waals surface area contributed by atoms with Gasteiger partial charge >= 0.3 is 0 Å². The molecule has 1 heterocycles. The molecule has 98 valence electrons. The third-order valence-electron chi connectivity index (χ3n) is 3.20. The van der Waals surface area contributed by atoms with Gasteiger partial charge in [-0.1, -0.05) is 23.7 Å². The van der Waals surface area contributed by atoms with Crippen LogP contribution in [0.15, 0.2) is 24.3 Å². The molecule has 1 amide bonds. The summed E-state index contributed by atoms with van der Waals surface area (Å²) in [6, 6.07) is 7.29. The van der Waals surface area contributed by atoms with Crippen molar-refractivity contribution in [3.05, 3.63) is 34.9 Å². The van der Waals surface area contributed by atoms with Crippen LogP contribution in [0.3, 0.4) is 0 Å². The van der Waals surface area contributed by atoms with Gasteiger partial charge in [0, 0.05) is 11.6 Å². The van der Waals surface area contributed by atoms with Crippen molar-refractivity contribution in [2.75, 3.05) is 13.2 Å². The van der Waals surface area contributed by atoms with Crippen molar-refractivity contribution >= 4 is 17.5 Å². The second-order valence-electron chi connectivity index (χ2n) is 4.71. The molecule has 5 heteroatoms. The van der Waals surface area contributed by atoms with Crippen LogP contribution in [-0.4, -0.2) is 24.7 Å². The van der Waals surface area contributed by atoms with E-state index in [1.54, 1.807) is 6.07 Å². The number of carbonyl (C=O) groups is 1. The van der Waals surface area contributed by atoms with E-state index in [-0.39, 0.29) is 18.6 Å². The summed E-state index contributed by atoms with van der Waals surface area (Å²) in [5, 5.41) is 3.56. The lowest BCUT2D eigenvalue weighted by Gasteiger charge is -2.24. The van der Waals surface area contributed by atoms with Gasteiger partial charge in [-0.25, -0.2) is 0 Å². The Morgan fingerprint density at radius 3 is 3.00 bits per heavy atom. The third kappa shape index (κ3) is 2.83. The molecule has 4 nitrogen and oxygen atoms in total. The molecule has 18 heavy (non-hydrogen) atoms. The summed E-state index contributed by atoms with van der Waals surface area (Å²) in [4.78, 5) is 12.1. The van der Waals surface area contributed by atoms with Crippen LogP contribution in [0.25, 0.3) is 0 Å². The molecule has 0 saturated carbocycles. The Balaban J connectivity index is 2.03. The molecule has 0 bridgehead atoms. The molecule has 0 spiro atoms. The number of hydrogen-bond donors (Lipinski definition) is 2. The molecule has 2 atom stereocenters. The van der Waals surface area contributed by atoms with E-state index < -0.39 is 5.54 Å². The average Bonchev–Trinajstić information content (AvgIpc) is 2.77. The lowest BCUT2D eigenvalue weighted by molar-refractivity contribution is -0.127. The number of halogens is 1. The minimum atomic E-state index is -0.896. The highest BCUT2D eigenvalue weighted by atomic mass is 35.5. The van der Waals surface area contributed by atoms with Crippen LogP contribution in [0, 0.1) is 0 Å². The maximum Gasteiger partial charge on any atom is 0.243 e. The summed E-state index contributed by atoms with van der Waals surface area (Å²) in [5.74, 6) is -0.174. The Morgan fingerprint density at radius 2 is 2.39 bits per heavy atom. The fourth-order valence-electron chi connectivity index (χ4n) is 1.96. The molecule has 3 N–H and O–H groups in total. The van der Waals surface area contributed by atoms with E-state index in [4.69, 9.17) is 22.1 Å². The van der Waals surface area contributed by atoms with Crippen molar-refractivity contribution < 1.29 is 9.53 Å². The molecular weight excluding hydrogens is 252 g/mol.